The van der Waals surface area contributed by atoms with Crippen LogP contribution in [0.5, 0.6) is 0 Å². The molecule has 2 N–H and O–H groups in total. The summed E-state index contributed by atoms with van der Waals surface area (Å²) in [5.41, 5.74) is 0. The highest BCUT2D eigenvalue weighted by Gasteiger charge is 2.13. The second kappa shape index (κ2) is 11.3. The summed E-state index contributed by atoms with van der Waals surface area (Å²) >= 11 is 0. The Kier molecular flexibility index (Phi) is 11.0. The van der Waals surface area contributed by atoms with Crippen LogP contribution in [-0.2, 0) is 18.6 Å². The van der Waals surface area contributed by atoms with E-state index in [1.54, 1.807) is 0 Å². The summed E-state index contributed by atoms with van der Waals surface area (Å²) in [7, 11) is -4.39. The summed E-state index contributed by atoms with van der Waals surface area (Å²) in [4.78, 5) is 28.4. The lowest BCUT2D eigenvalue weighted by Crippen LogP contribution is -2.14. The standard InChI is InChI=1S/C13H27O6P/c1-3-4-5-6-9-12(2)19-13(14)10-7-8-11-18-20(15,16)17/h12H,3-11H2,1-2H3,(H2,15,16,17). The molecule has 1 atom stereocenters. The van der Waals surface area contributed by atoms with Gasteiger partial charge in [-0.2, -0.15) is 0 Å². The van der Waals surface area contributed by atoms with E-state index in [0.717, 1.165) is 19.3 Å². The molecule has 0 aromatic carbocycles. The van der Waals surface area contributed by atoms with Crippen molar-refractivity contribution in [1.29, 1.82) is 0 Å². The van der Waals surface area contributed by atoms with Crippen LogP contribution in [0.1, 0.15) is 65.2 Å². The Balaban J connectivity index is 3.50. The molecule has 1 unspecified atom stereocenters. The molecule has 0 aliphatic heterocycles. The number of esters is 1. The van der Waals surface area contributed by atoms with E-state index >= 15 is 0 Å². The van der Waals surface area contributed by atoms with E-state index in [1.165, 1.54) is 12.8 Å². The molecular formula is C13H27O6P. The first-order valence-corrected chi connectivity index (χ1v) is 8.77. The maximum Gasteiger partial charge on any atom is 0.469 e. The van der Waals surface area contributed by atoms with Crippen LogP contribution in [0.4, 0.5) is 0 Å². The Hall–Kier alpha value is -0.420. The fourth-order valence-electron chi connectivity index (χ4n) is 1.76. The number of phosphoric ester groups is 1. The second-order valence-electron chi connectivity index (χ2n) is 4.93. The molecule has 6 nitrogen and oxygen atoms in total. The summed E-state index contributed by atoms with van der Waals surface area (Å²) in [6, 6.07) is 0. The van der Waals surface area contributed by atoms with Crippen LogP contribution < -0.4 is 0 Å². The van der Waals surface area contributed by atoms with Crippen molar-refractivity contribution in [2.75, 3.05) is 6.61 Å². The normalized spacial score (nSPS) is 13.2. The lowest BCUT2D eigenvalue weighted by molar-refractivity contribution is -0.148. The maximum absolute atomic E-state index is 11.5. The van der Waals surface area contributed by atoms with E-state index in [4.69, 9.17) is 14.5 Å². The fraction of sp³-hybridized carbons (Fsp3) is 0.923. The summed E-state index contributed by atoms with van der Waals surface area (Å²) in [6.45, 7) is 3.99. The Morgan fingerprint density at radius 3 is 2.45 bits per heavy atom. The summed E-state index contributed by atoms with van der Waals surface area (Å²) < 4.78 is 19.9. The minimum atomic E-state index is -4.39. The summed E-state index contributed by atoms with van der Waals surface area (Å²) in [5, 5.41) is 0. The van der Waals surface area contributed by atoms with E-state index in [0.29, 0.717) is 12.8 Å². The minimum absolute atomic E-state index is 0.0515. The van der Waals surface area contributed by atoms with Gasteiger partial charge in [-0.3, -0.25) is 9.32 Å². The molecule has 0 radical (unpaired) electrons. The molecule has 0 saturated carbocycles. The van der Waals surface area contributed by atoms with Crippen molar-refractivity contribution in [1.82, 2.24) is 0 Å². The lowest BCUT2D eigenvalue weighted by atomic mass is 10.1. The lowest BCUT2D eigenvalue weighted by Gasteiger charge is -2.13. The monoisotopic (exact) mass is 310 g/mol. The van der Waals surface area contributed by atoms with Gasteiger partial charge in [0.1, 0.15) is 0 Å². The third-order valence-electron chi connectivity index (χ3n) is 2.83. The Labute approximate surface area is 121 Å². The van der Waals surface area contributed by atoms with Gasteiger partial charge in [0.15, 0.2) is 0 Å². The van der Waals surface area contributed by atoms with Crippen LogP contribution >= 0.6 is 7.82 Å². The number of carbonyl (C=O) groups excluding carboxylic acids is 1. The van der Waals surface area contributed by atoms with Crippen LogP contribution in [-0.4, -0.2) is 28.5 Å². The van der Waals surface area contributed by atoms with Gasteiger partial charge in [0.25, 0.3) is 0 Å². The molecule has 120 valence electrons. The maximum atomic E-state index is 11.5. The van der Waals surface area contributed by atoms with Gasteiger partial charge in [0.05, 0.1) is 12.7 Å². The molecule has 7 heteroatoms. The predicted octanol–water partition coefficient (Wildman–Crippen LogP) is 3.17. The number of rotatable bonds is 12. The van der Waals surface area contributed by atoms with Crippen LogP contribution in [0.25, 0.3) is 0 Å². The zero-order valence-electron chi connectivity index (χ0n) is 12.4. The van der Waals surface area contributed by atoms with Gasteiger partial charge in [-0.05, 0) is 32.6 Å². The SMILES string of the molecule is CCCCCCC(C)OC(=O)CCCCOP(=O)(O)O. The molecule has 20 heavy (non-hydrogen) atoms. The average Bonchev–Trinajstić information content (AvgIpc) is 2.32. The van der Waals surface area contributed by atoms with Crippen LogP contribution in [0.15, 0.2) is 0 Å². The van der Waals surface area contributed by atoms with Crippen LogP contribution in [0.2, 0.25) is 0 Å². The molecule has 0 spiro atoms. The van der Waals surface area contributed by atoms with Crippen molar-refractivity contribution >= 4 is 13.8 Å². The van der Waals surface area contributed by atoms with Gasteiger partial charge >= 0.3 is 13.8 Å². The van der Waals surface area contributed by atoms with Crippen LogP contribution in [0, 0.1) is 0 Å². The molecular weight excluding hydrogens is 283 g/mol. The minimum Gasteiger partial charge on any atom is -0.463 e. The second-order valence-corrected chi connectivity index (χ2v) is 6.17. The van der Waals surface area contributed by atoms with Crippen molar-refractivity contribution in [3.63, 3.8) is 0 Å². The smallest absolute Gasteiger partial charge is 0.463 e. The Morgan fingerprint density at radius 1 is 1.15 bits per heavy atom. The highest BCUT2D eigenvalue weighted by atomic mass is 31.2. The summed E-state index contributed by atoms with van der Waals surface area (Å²) in [5.74, 6) is -0.260. The van der Waals surface area contributed by atoms with E-state index in [2.05, 4.69) is 11.4 Å². The first kappa shape index (κ1) is 19.6. The van der Waals surface area contributed by atoms with E-state index in [9.17, 15) is 9.36 Å². The number of hydrogen-bond acceptors (Lipinski definition) is 4. The fourth-order valence-corrected chi connectivity index (χ4v) is 2.12. The first-order chi connectivity index (χ1) is 9.35. The van der Waals surface area contributed by atoms with Crippen molar-refractivity contribution in [3.8, 4) is 0 Å². The van der Waals surface area contributed by atoms with E-state index < -0.39 is 7.82 Å². The average molecular weight is 310 g/mol. The summed E-state index contributed by atoms with van der Waals surface area (Å²) in [6.07, 6.45) is 6.62. The predicted molar refractivity (Wildman–Crippen MR) is 76.2 cm³/mol. The number of unbranched alkanes of at least 4 members (excludes halogenated alkanes) is 4. The Morgan fingerprint density at radius 2 is 1.85 bits per heavy atom. The van der Waals surface area contributed by atoms with Crippen molar-refractivity contribution in [2.45, 2.75) is 71.3 Å². The molecule has 0 saturated heterocycles. The van der Waals surface area contributed by atoms with Gasteiger partial charge in [-0.15, -0.1) is 0 Å². The number of ether oxygens (including phenoxy) is 1. The molecule has 0 fully saturated rings. The third-order valence-corrected chi connectivity index (χ3v) is 3.35. The number of carbonyl (C=O) groups is 1. The van der Waals surface area contributed by atoms with E-state index in [-0.39, 0.29) is 25.1 Å². The zero-order chi connectivity index (χ0) is 15.4. The van der Waals surface area contributed by atoms with Crippen molar-refractivity contribution in [3.05, 3.63) is 0 Å². The highest BCUT2D eigenvalue weighted by molar-refractivity contribution is 7.46. The molecule has 0 amide bonds. The van der Waals surface area contributed by atoms with Gasteiger partial charge in [0, 0.05) is 6.42 Å². The van der Waals surface area contributed by atoms with Crippen molar-refractivity contribution < 1.29 is 28.4 Å². The topological polar surface area (TPSA) is 93.1 Å². The number of hydrogen-bond donors (Lipinski definition) is 2. The molecule has 0 aromatic heterocycles. The molecule has 0 aliphatic carbocycles. The third kappa shape index (κ3) is 14.0. The zero-order valence-corrected chi connectivity index (χ0v) is 13.3. The molecule has 0 rings (SSSR count). The van der Waals surface area contributed by atoms with Crippen LogP contribution in [0.3, 0.4) is 0 Å². The van der Waals surface area contributed by atoms with Gasteiger partial charge in [-0.25, -0.2) is 4.57 Å². The first-order valence-electron chi connectivity index (χ1n) is 7.24. The van der Waals surface area contributed by atoms with Gasteiger partial charge in [-0.1, -0.05) is 26.2 Å². The van der Waals surface area contributed by atoms with Gasteiger partial charge in [0.2, 0.25) is 0 Å². The quantitative estimate of drug-likeness (QED) is 0.327. The number of phosphoric acid groups is 1. The van der Waals surface area contributed by atoms with Gasteiger partial charge < -0.3 is 14.5 Å². The Bertz CT molecular complexity index is 301. The van der Waals surface area contributed by atoms with Crippen molar-refractivity contribution in [2.24, 2.45) is 0 Å². The molecule has 0 aliphatic rings. The molecule has 0 aromatic rings. The highest BCUT2D eigenvalue weighted by Crippen LogP contribution is 2.35. The molecule has 0 heterocycles. The molecule has 0 bridgehead atoms. The largest absolute Gasteiger partial charge is 0.469 e. The van der Waals surface area contributed by atoms with E-state index in [1.807, 2.05) is 6.92 Å².